The van der Waals surface area contributed by atoms with E-state index in [-0.39, 0.29) is 19.1 Å². The van der Waals surface area contributed by atoms with E-state index in [1.165, 1.54) is 0 Å². The summed E-state index contributed by atoms with van der Waals surface area (Å²) in [4.78, 5) is 11.9. The van der Waals surface area contributed by atoms with Crippen molar-refractivity contribution in [3.63, 3.8) is 0 Å². The second-order valence-electron chi connectivity index (χ2n) is 5.16. The molecule has 0 aliphatic rings. The van der Waals surface area contributed by atoms with Crippen molar-refractivity contribution in [2.75, 3.05) is 11.9 Å². The number of nitrogens with zero attached hydrogens (tertiary/aromatic N) is 1. The Kier molecular flexibility index (Phi) is 4.98. The van der Waals surface area contributed by atoms with Gasteiger partial charge in [-0.15, -0.1) is 0 Å². The Morgan fingerprint density at radius 2 is 2.17 bits per heavy atom. The molecule has 2 heterocycles. The normalized spacial score (nSPS) is 10.8. The van der Waals surface area contributed by atoms with Crippen molar-refractivity contribution in [2.24, 2.45) is 0 Å². The van der Waals surface area contributed by atoms with Gasteiger partial charge in [0, 0.05) is 16.8 Å². The molecule has 0 radical (unpaired) electrons. The summed E-state index contributed by atoms with van der Waals surface area (Å²) in [5, 5.41) is 7.18. The van der Waals surface area contributed by atoms with Crippen LogP contribution in [0.4, 0.5) is 5.69 Å². The molecule has 0 aliphatic heterocycles. The Morgan fingerprint density at radius 3 is 2.92 bits per heavy atom. The van der Waals surface area contributed by atoms with Crippen LogP contribution in [0.5, 0.6) is 0 Å². The summed E-state index contributed by atoms with van der Waals surface area (Å²) >= 11 is 6.02. The minimum absolute atomic E-state index is 0.103. The molecule has 0 aliphatic carbocycles. The van der Waals surface area contributed by atoms with Crippen molar-refractivity contribution in [3.8, 4) is 11.5 Å². The van der Waals surface area contributed by atoms with Gasteiger partial charge in [-0.3, -0.25) is 4.79 Å². The fourth-order valence-corrected chi connectivity index (χ4v) is 2.21. The van der Waals surface area contributed by atoms with Gasteiger partial charge in [0.15, 0.2) is 5.76 Å². The molecule has 3 rings (SSSR count). The summed E-state index contributed by atoms with van der Waals surface area (Å²) in [6, 6.07) is 10.6. The Hall–Kier alpha value is -2.57. The van der Waals surface area contributed by atoms with Crippen LogP contribution in [0.2, 0.25) is 5.02 Å². The van der Waals surface area contributed by atoms with Gasteiger partial charge < -0.3 is 19.0 Å². The van der Waals surface area contributed by atoms with Crippen molar-refractivity contribution < 1.29 is 18.5 Å². The van der Waals surface area contributed by atoms with Crippen LogP contribution < -0.4 is 5.32 Å². The zero-order valence-electron chi connectivity index (χ0n) is 12.9. The number of anilines is 1. The molecule has 2 aromatic heterocycles. The molecule has 0 saturated heterocycles. The number of aromatic nitrogens is 1. The van der Waals surface area contributed by atoms with Gasteiger partial charge in [-0.05, 0) is 36.8 Å². The highest BCUT2D eigenvalue weighted by atomic mass is 35.5. The lowest BCUT2D eigenvalue weighted by molar-refractivity contribution is -0.121. The van der Waals surface area contributed by atoms with Crippen molar-refractivity contribution in [2.45, 2.75) is 13.5 Å². The first kappa shape index (κ1) is 16.3. The van der Waals surface area contributed by atoms with Crippen molar-refractivity contribution in [3.05, 3.63) is 58.9 Å². The van der Waals surface area contributed by atoms with Crippen LogP contribution in [-0.4, -0.2) is 17.7 Å². The quantitative estimate of drug-likeness (QED) is 0.728. The molecule has 0 spiro atoms. The number of aryl methyl sites for hydroxylation is 1. The summed E-state index contributed by atoms with van der Waals surface area (Å²) in [6.45, 7) is 1.95. The smallest absolute Gasteiger partial charge is 0.250 e. The summed E-state index contributed by atoms with van der Waals surface area (Å²) in [7, 11) is 0. The van der Waals surface area contributed by atoms with Crippen LogP contribution in [0.15, 0.2) is 51.6 Å². The average molecular weight is 347 g/mol. The molecular formula is C17H15ClN2O4. The van der Waals surface area contributed by atoms with Crippen LogP contribution in [0.1, 0.15) is 11.3 Å². The molecule has 0 unspecified atom stereocenters. The van der Waals surface area contributed by atoms with E-state index in [2.05, 4.69) is 10.5 Å². The second-order valence-corrected chi connectivity index (χ2v) is 5.57. The fraction of sp³-hybridized carbons (Fsp3) is 0.176. The van der Waals surface area contributed by atoms with Crippen molar-refractivity contribution in [1.82, 2.24) is 5.16 Å². The zero-order valence-corrected chi connectivity index (χ0v) is 13.7. The Morgan fingerprint density at radius 1 is 1.29 bits per heavy atom. The third kappa shape index (κ3) is 4.04. The Balaban J connectivity index is 1.47. The number of rotatable bonds is 6. The van der Waals surface area contributed by atoms with E-state index in [1.807, 2.05) is 13.0 Å². The number of nitrogens with one attached hydrogen (secondary N) is 1. The highest BCUT2D eigenvalue weighted by Gasteiger charge is 2.10. The molecule has 0 fully saturated rings. The van der Waals surface area contributed by atoms with Crippen LogP contribution in [0.3, 0.4) is 0 Å². The highest BCUT2D eigenvalue weighted by Crippen LogP contribution is 2.21. The van der Waals surface area contributed by atoms with Gasteiger partial charge >= 0.3 is 0 Å². The van der Waals surface area contributed by atoms with Gasteiger partial charge in [0.25, 0.3) is 0 Å². The second kappa shape index (κ2) is 7.33. The van der Waals surface area contributed by atoms with Crippen LogP contribution >= 0.6 is 11.6 Å². The van der Waals surface area contributed by atoms with Crippen LogP contribution in [0, 0.1) is 6.92 Å². The van der Waals surface area contributed by atoms with E-state index >= 15 is 0 Å². The lowest BCUT2D eigenvalue weighted by Crippen LogP contribution is -2.18. The summed E-state index contributed by atoms with van der Waals surface area (Å²) in [5.41, 5.74) is 2.15. The number of carbonyl (C=O) groups excluding carboxylic acids is 1. The Labute approximate surface area is 143 Å². The first-order valence-electron chi connectivity index (χ1n) is 7.25. The van der Waals surface area contributed by atoms with Crippen LogP contribution in [0.25, 0.3) is 11.5 Å². The molecule has 6 nitrogen and oxygen atoms in total. The predicted molar refractivity (Wildman–Crippen MR) is 88.7 cm³/mol. The zero-order chi connectivity index (χ0) is 16.9. The van der Waals surface area contributed by atoms with Gasteiger partial charge in [-0.1, -0.05) is 22.8 Å². The van der Waals surface area contributed by atoms with Gasteiger partial charge in [0.1, 0.15) is 12.3 Å². The first-order valence-corrected chi connectivity index (χ1v) is 7.63. The first-order chi connectivity index (χ1) is 11.6. The molecule has 1 N–H and O–H groups in total. The molecule has 24 heavy (non-hydrogen) atoms. The molecule has 0 bridgehead atoms. The van der Waals surface area contributed by atoms with Gasteiger partial charge in [-0.25, -0.2) is 0 Å². The maximum Gasteiger partial charge on any atom is 0.250 e. The van der Waals surface area contributed by atoms with Crippen molar-refractivity contribution in [1.29, 1.82) is 0 Å². The number of furan rings is 1. The fourth-order valence-electron chi connectivity index (χ4n) is 2.03. The number of hydrogen-bond donors (Lipinski definition) is 1. The van der Waals surface area contributed by atoms with E-state index in [9.17, 15) is 4.79 Å². The Bertz CT molecular complexity index is 827. The number of hydrogen-bond acceptors (Lipinski definition) is 5. The molecule has 7 heteroatoms. The van der Waals surface area contributed by atoms with Gasteiger partial charge in [0.05, 0.1) is 12.9 Å². The average Bonchev–Trinajstić information content (AvgIpc) is 3.22. The molecular weight excluding hydrogens is 332 g/mol. The maximum absolute atomic E-state index is 11.9. The number of carbonyl (C=O) groups is 1. The van der Waals surface area contributed by atoms with E-state index in [1.54, 1.807) is 36.6 Å². The minimum atomic E-state index is -0.273. The molecule has 0 atom stereocenters. The lowest BCUT2D eigenvalue weighted by Gasteiger charge is -2.07. The number of ether oxygens (including phenoxy) is 1. The number of benzene rings is 1. The van der Waals surface area contributed by atoms with E-state index in [0.29, 0.717) is 27.9 Å². The molecule has 3 aromatic rings. The lowest BCUT2D eigenvalue weighted by atomic mass is 10.2. The maximum atomic E-state index is 11.9. The summed E-state index contributed by atoms with van der Waals surface area (Å²) < 4.78 is 15.7. The van der Waals surface area contributed by atoms with Gasteiger partial charge in [-0.2, -0.15) is 0 Å². The molecule has 1 aromatic carbocycles. The largest absolute Gasteiger partial charge is 0.461 e. The van der Waals surface area contributed by atoms with E-state index in [4.69, 9.17) is 25.3 Å². The topological polar surface area (TPSA) is 77.5 Å². The number of amides is 1. The third-order valence-corrected chi connectivity index (χ3v) is 3.67. The predicted octanol–water partition coefficient (Wildman–Crippen LogP) is 4.05. The third-order valence-electron chi connectivity index (χ3n) is 3.26. The molecule has 0 saturated carbocycles. The van der Waals surface area contributed by atoms with Gasteiger partial charge in [0.2, 0.25) is 11.7 Å². The molecule has 1 amide bonds. The monoisotopic (exact) mass is 346 g/mol. The van der Waals surface area contributed by atoms with E-state index < -0.39 is 0 Å². The number of halogens is 1. The van der Waals surface area contributed by atoms with Crippen molar-refractivity contribution >= 4 is 23.2 Å². The highest BCUT2D eigenvalue weighted by molar-refractivity contribution is 6.31. The summed E-state index contributed by atoms with van der Waals surface area (Å²) in [5.74, 6) is 0.824. The van der Waals surface area contributed by atoms with E-state index in [0.717, 1.165) is 5.56 Å². The molecule has 124 valence electrons. The SMILES string of the molecule is Cc1ccc(NC(=O)COCc2cc(-c3ccco3)on2)cc1Cl. The van der Waals surface area contributed by atoms with Crippen LogP contribution in [-0.2, 0) is 16.1 Å². The minimum Gasteiger partial charge on any atom is -0.461 e. The standard InChI is InChI=1S/C17H15ClN2O4/c1-11-4-5-12(7-14(11)18)19-17(21)10-22-9-13-8-16(24-20-13)15-3-2-6-23-15/h2-8H,9-10H2,1H3,(H,19,21). The summed E-state index contributed by atoms with van der Waals surface area (Å²) in [6.07, 6.45) is 1.55.